The third-order valence-electron chi connectivity index (χ3n) is 1.97. The van der Waals surface area contributed by atoms with E-state index in [2.05, 4.69) is 15.2 Å². The molecule has 0 aromatic carbocycles. The van der Waals surface area contributed by atoms with Gasteiger partial charge in [-0.2, -0.15) is 0 Å². The Labute approximate surface area is 116 Å². The van der Waals surface area contributed by atoms with Crippen LogP contribution in [0.3, 0.4) is 0 Å². The molecule has 1 N–H and O–H groups in total. The van der Waals surface area contributed by atoms with Gasteiger partial charge in [-0.15, -0.1) is 10.2 Å². The topological polar surface area (TPSA) is 76.0 Å². The minimum Gasteiger partial charge on any atom is -0.477 e. The molecule has 0 spiro atoms. The largest absolute Gasteiger partial charge is 0.477 e. The van der Waals surface area contributed by atoms with Crippen LogP contribution in [0.1, 0.15) is 16.1 Å². The van der Waals surface area contributed by atoms with Crippen LogP contribution in [0.25, 0.3) is 0 Å². The number of thioether (sulfide) groups is 2. The molecule has 94 valence electrons. The van der Waals surface area contributed by atoms with Gasteiger partial charge in [-0.25, -0.2) is 9.78 Å². The predicted molar refractivity (Wildman–Crippen MR) is 72.4 cm³/mol. The van der Waals surface area contributed by atoms with Crippen molar-refractivity contribution in [2.24, 2.45) is 0 Å². The first-order valence-corrected chi connectivity index (χ1v) is 7.90. The highest BCUT2D eigenvalue weighted by atomic mass is 32.2. The maximum Gasteiger partial charge on any atom is 0.354 e. The van der Waals surface area contributed by atoms with E-state index in [0.29, 0.717) is 5.75 Å². The summed E-state index contributed by atoms with van der Waals surface area (Å²) in [6.07, 6.45) is 3.46. The first kappa shape index (κ1) is 13.3. The first-order valence-electron chi connectivity index (χ1n) is 4.87. The summed E-state index contributed by atoms with van der Waals surface area (Å²) < 4.78 is 1.81. The Balaban J connectivity index is 2.01. The zero-order chi connectivity index (χ0) is 13.0. The second-order valence-corrected chi connectivity index (χ2v) is 6.43. The maximum absolute atomic E-state index is 10.8. The lowest BCUT2D eigenvalue weighted by molar-refractivity contribution is 0.0690. The van der Waals surface area contributed by atoms with Gasteiger partial charge in [-0.1, -0.05) is 34.9 Å². The number of carbonyl (C=O) groups is 1. The number of pyridine rings is 1. The van der Waals surface area contributed by atoms with E-state index >= 15 is 0 Å². The molecule has 0 aliphatic carbocycles. The van der Waals surface area contributed by atoms with Crippen LogP contribution in [0.15, 0.2) is 27.0 Å². The predicted octanol–water partition coefficient (Wildman–Crippen LogP) is 2.65. The van der Waals surface area contributed by atoms with Gasteiger partial charge in [0.05, 0.1) is 0 Å². The Morgan fingerprint density at radius 2 is 2.22 bits per heavy atom. The highest BCUT2D eigenvalue weighted by molar-refractivity contribution is 8.02. The highest BCUT2D eigenvalue weighted by Gasteiger charge is 2.07. The minimum atomic E-state index is -1.01. The fraction of sp³-hybridized carbons (Fsp3) is 0.200. The van der Waals surface area contributed by atoms with E-state index in [1.54, 1.807) is 35.7 Å². The summed E-state index contributed by atoms with van der Waals surface area (Å²) in [5.74, 6) is -0.353. The van der Waals surface area contributed by atoms with Crippen molar-refractivity contribution in [3.8, 4) is 0 Å². The molecule has 0 amide bonds. The quantitative estimate of drug-likeness (QED) is 0.850. The summed E-state index contributed by atoms with van der Waals surface area (Å²) in [4.78, 5) is 14.6. The van der Waals surface area contributed by atoms with Crippen molar-refractivity contribution in [2.75, 3.05) is 6.26 Å². The van der Waals surface area contributed by atoms with E-state index in [1.165, 1.54) is 17.5 Å². The summed E-state index contributed by atoms with van der Waals surface area (Å²) in [6.45, 7) is 0. The van der Waals surface area contributed by atoms with Gasteiger partial charge in [0.15, 0.2) is 8.68 Å². The van der Waals surface area contributed by atoms with Crippen molar-refractivity contribution < 1.29 is 9.90 Å². The molecule has 2 aromatic heterocycles. The van der Waals surface area contributed by atoms with Crippen molar-refractivity contribution in [3.05, 3.63) is 29.6 Å². The van der Waals surface area contributed by atoms with Crippen LogP contribution in [-0.4, -0.2) is 32.5 Å². The van der Waals surface area contributed by atoms with Gasteiger partial charge < -0.3 is 5.11 Å². The third-order valence-corrected chi connectivity index (χ3v) is 5.07. The van der Waals surface area contributed by atoms with Gasteiger partial charge in [0.1, 0.15) is 5.69 Å². The Bertz CT molecular complexity index is 559. The van der Waals surface area contributed by atoms with Crippen LogP contribution in [-0.2, 0) is 5.75 Å². The molecule has 0 saturated heterocycles. The van der Waals surface area contributed by atoms with Crippen LogP contribution in [0.5, 0.6) is 0 Å². The molecule has 2 heterocycles. The van der Waals surface area contributed by atoms with Crippen LogP contribution in [0.4, 0.5) is 0 Å². The molecule has 0 saturated carbocycles. The van der Waals surface area contributed by atoms with Crippen molar-refractivity contribution in [3.63, 3.8) is 0 Å². The lowest BCUT2D eigenvalue weighted by Crippen LogP contribution is -2.00. The Hall–Kier alpha value is -1.12. The first-order chi connectivity index (χ1) is 8.69. The summed E-state index contributed by atoms with van der Waals surface area (Å²) in [5.41, 5.74) is 0.975. The monoisotopic (exact) mass is 299 g/mol. The molecule has 0 bridgehead atoms. The van der Waals surface area contributed by atoms with Gasteiger partial charge >= 0.3 is 5.97 Å². The lowest BCUT2D eigenvalue weighted by Gasteiger charge is -1.99. The average Bonchev–Trinajstić information content (AvgIpc) is 2.84. The van der Waals surface area contributed by atoms with Gasteiger partial charge in [-0.05, 0) is 24.0 Å². The number of carboxylic acid groups (broad SMARTS) is 1. The Kier molecular flexibility index (Phi) is 4.56. The van der Waals surface area contributed by atoms with E-state index in [9.17, 15) is 4.79 Å². The molecule has 0 fully saturated rings. The molecule has 2 rings (SSSR count). The fourth-order valence-corrected chi connectivity index (χ4v) is 3.55. The lowest BCUT2D eigenvalue weighted by atomic mass is 10.2. The molecule has 0 unspecified atom stereocenters. The van der Waals surface area contributed by atoms with Crippen LogP contribution < -0.4 is 0 Å². The molecule has 18 heavy (non-hydrogen) atoms. The van der Waals surface area contributed by atoms with Crippen LogP contribution in [0, 0.1) is 0 Å². The molecule has 2 aromatic rings. The van der Waals surface area contributed by atoms with Gasteiger partial charge in [0.2, 0.25) is 0 Å². The van der Waals surface area contributed by atoms with Crippen molar-refractivity contribution in [2.45, 2.75) is 14.4 Å². The number of hydrogen-bond acceptors (Lipinski definition) is 7. The Morgan fingerprint density at radius 1 is 1.44 bits per heavy atom. The molecule has 0 aliphatic heterocycles. The smallest absolute Gasteiger partial charge is 0.354 e. The summed E-state index contributed by atoms with van der Waals surface area (Å²) >= 11 is 4.64. The van der Waals surface area contributed by atoms with Crippen LogP contribution in [0.2, 0.25) is 0 Å². The highest BCUT2D eigenvalue weighted by Crippen LogP contribution is 2.29. The summed E-state index contributed by atoms with van der Waals surface area (Å²) in [7, 11) is 0. The number of aromatic nitrogens is 3. The van der Waals surface area contributed by atoms with Crippen molar-refractivity contribution in [1.29, 1.82) is 0 Å². The van der Waals surface area contributed by atoms with Crippen molar-refractivity contribution >= 4 is 40.8 Å². The van der Waals surface area contributed by atoms with Crippen LogP contribution >= 0.6 is 34.9 Å². The molecule has 0 atom stereocenters. The normalized spacial score (nSPS) is 10.5. The van der Waals surface area contributed by atoms with Gasteiger partial charge in [-0.3, -0.25) is 0 Å². The minimum absolute atomic E-state index is 0.0650. The summed E-state index contributed by atoms with van der Waals surface area (Å²) in [6, 6.07) is 3.38. The van der Waals surface area contributed by atoms with E-state index < -0.39 is 5.97 Å². The molecule has 5 nitrogen and oxygen atoms in total. The molecular weight excluding hydrogens is 290 g/mol. The molecule has 0 aliphatic rings. The molecule has 0 radical (unpaired) electrons. The summed E-state index contributed by atoms with van der Waals surface area (Å²) in [5, 5.41) is 16.9. The standard InChI is InChI=1S/C10H9N3O2S3/c1-16-9-12-13-10(18-9)17-5-6-2-3-11-7(4-6)8(14)15/h2-4H,5H2,1H3,(H,14,15). The second-order valence-electron chi connectivity index (χ2n) is 3.18. The molecule has 8 heteroatoms. The van der Waals surface area contributed by atoms with Gasteiger partial charge in [0.25, 0.3) is 0 Å². The molecular formula is C10H9N3O2S3. The number of nitrogens with zero attached hydrogens (tertiary/aromatic N) is 3. The van der Waals surface area contributed by atoms with E-state index in [0.717, 1.165) is 14.2 Å². The number of carboxylic acids is 1. The van der Waals surface area contributed by atoms with E-state index in [4.69, 9.17) is 5.11 Å². The average molecular weight is 299 g/mol. The second kappa shape index (κ2) is 6.17. The van der Waals surface area contributed by atoms with E-state index in [1.807, 2.05) is 6.26 Å². The van der Waals surface area contributed by atoms with Crippen molar-refractivity contribution in [1.82, 2.24) is 15.2 Å². The van der Waals surface area contributed by atoms with E-state index in [-0.39, 0.29) is 5.69 Å². The SMILES string of the molecule is CSc1nnc(SCc2ccnc(C(=O)O)c2)s1. The van der Waals surface area contributed by atoms with Gasteiger partial charge in [0, 0.05) is 11.9 Å². The maximum atomic E-state index is 10.8. The third kappa shape index (κ3) is 3.44. The number of hydrogen-bond donors (Lipinski definition) is 1. The number of rotatable bonds is 5. The zero-order valence-electron chi connectivity index (χ0n) is 9.36. The fourth-order valence-electron chi connectivity index (χ4n) is 1.16. The Morgan fingerprint density at radius 3 is 2.89 bits per heavy atom. The zero-order valence-corrected chi connectivity index (χ0v) is 11.8. The number of aromatic carboxylic acids is 1.